The van der Waals surface area contributed by atoms with Gasteiger partial charge in [0.15, 0.2) is 0 Å². The van der Waals surface area contributed by atoms with Gasteiger partial charge in [-0.05, 0) is 50.6 Å². The average Bonchev–Trinajstić information content (AvgIpc) is 2.32. The van der Waals surface area contributed by atoms with E-state index in [1.807, 2.05) is 13.8 Å². The fraction of sp³-hybridized carbons (Fsp3) is 0.286. The number of aromatic nitrogens is 2. The van der Waals surface area contributed by atoms with E-state index in [1.165, 1.54) is 6.07 Å². The second-order valence-corrected chi connectivity index (χ2v) is 4.95. The number of nitrogens with two attached hydrogens (primary N) is 1. The van der Waals surface area contributed by atoms with Crippen LogP contribution in [-0.2, 0) is 5.54 Å². The molecule has 4 heteroatoms. The molecular formula is C14H16FN3. The maximum atomic E-state index is 13.2. The minimum atomic E-state index is -0.592. The molecule has 0 saturated heterocycles. The van der Waals surface area contributed by atoms with Crippen molar-refractivity contribution in [1.29, 1.82) is 0 Å². The molecule has 0 aliphatic carbocycles. The number of nitrogens with zero attached hydrogens (tertiary/aromatic N) is 2. The number of benzene rings is 1. The van der Waals surface area contributed by atoms with Crippen LogP contribution in [0.3, 0.4) is 0 Å². The fourth-order valence-electron chi connectivity index (χ4n) is 1.63. The molecule has 2 aromatic rings. The van der Waals surface area contributed by atoms with E-state index < -0.39 is 5.54 Å². The van der Waals surface area contributed by atoms with E-state index in [1.54, 1.807) is 31.3 Å². The van der Waals surface area contributed by atoms with Gasteiger partial charge in [-0.25, -0.2) is 14.4 Å². The van der Waals surface area contributed by atoms with Crippen LogP contribution in [0.15, 0.2) is 30.5 Å². The van der Waals surface area contributed by atoms with Crippen molar-refractivity contribution in [3.63, 3.8) is 0 Å². The molecule has 0 unspecified atom stereocenters. The quantitative estimate of drug-likeness (QED) is 0.885. The SMILES string of the molecule is Cc1cc(-c2ccnc(C(C)(C)N)n2)ccc1F. The molecular weight excluding hydrogens is 229 g/mol. The predicted molar refractivity (Wildman–Crippen MR) is 69.4 cm³/mol. The summed E-state index contributed by atoms with van der Waals surface area (Å²) in [6, 6.07) is 6.71. The van der Waals surface area contributed by atoms with Crippen LogP contribution in [0.25, 0.3) is 11.3 Å². The molecule has 0 aliphatic rings. The zero-order valence-electron chi connectivity index (χ0n) is 10.7. The van der Waals surface area contributed by atoms with Gasteiger partial charge in [0.2, 0.25) is 0 Å². The van der Waals surface area contributed by atoms with Crippen molar-refractivity contribution in [1.82, 2.24) is 9.97 Å². The number of halogens is 1. The summed E-state index contributed by atoms with van der Waals surface area (Å²) in [4.78, 5) is 8.59. The van der Waals surface area contributed by atoms with Gasteiger partial charge in [0.1, 0.15) is 11.6 Å². The number of aryl methyl sites for hydroxylation is 1. The zero-order valence-corrected chi connectivity index (χ0v) is 10.7. The Labute approximate surface area is 106 Å². The molecule has 0 saturated carbocycles. The lowest BCUT2D eigenvalue weighted by Crippen LogP contribution is -2.31. The lowest BCUT2D eigenvalue weighted by atomic mass is 10.0. The molecule has 0 aliphatic heterocycles. The topological polar surface area (TPSA) is 51.8 Å². The summed E-state index contributed by atoms with van der Waals surface area (Å²) in [5.74, 6) is 0.356. The summed E-state index contributed by atoms with van der Waals surface area (Å²) in [6.45, 7) is 5.43. The van der Waals surface area contributed by atoms with Crippen molar-refractivity contribution in [2.45, 2.75) is 26.3 Å². The monoisotopic (exact) mass is 245 g/mol. The highest BCUT2D eigenvalue weighted by molar-refractivity contribution is 5.59. The third kappa shape index (κ3) is 2.54. The maximum absolute atomic E-state index is 13.2. The standard InChI is InChI=1S/C14H16FN3/c1-9-8-10(4-5-11(9)15)12-6-7-17-13(18-12)14(2,3)16/h4-8H,16H2,1-3H3. The Hall–Kier alpha value is -1.81. The van der Waals surface area contributed by atoms with Gasteiger partial charge >= 0.3 is 0 Å². The van der Waals surface area contributed by atoms with E-state index in [0.717, 1.165) is 11.3 Å². The van der Waals surface area contributed by atoms with Crippen molar-refractivity contribution < 1.29 is 4.39 Å². The summed E-state index contributed by atoms with van der Waals surface area (Å²) in [6.07, 6.45) is 1.67. The van der Waals surface area contributed by atoms with Gasteiger partial charge < -0.3 is 5.73 Å². The van der Waals surface area contributed by atoms with E-state index >= 15 is 0 Å². The molecule has 0 radical (unpaired) electrons. The Morgan fingerprint density at radius 2 is 1.94 bits per heavy atom. The van der Waals surface area contributed by atoms with E-state index in [0.29, 0.717) is 11.4 Å². The van der Waals surface area contributed by atoms with Gasteiger partial charge in [0, 0.05) is 11.8 Å². The highest BCUT2D eigenvalue weighted by Crippen LogP contribution is 2.21. The van der Waals surface area contributed by atoms with E-state index in [4.69, 9.17) is 5.73 Å². The van der Waals surface area contributed by atoms with Crippen LogP contribution in [0.5, 0.6) is 0 Å². The third-order valence-corrected chi connectivity index (χ3v) is 2.69. The number of rotatable bonds is 2. The summed E-state index contributed by atoms with van der Waals surface area (Å²) >= 11 is 0. The van der Waals surface area contributed by atoms with Gasteiger partial charge in [-0.2, -0.15) is 0 Å². The Kier molecular flexibility index (Phi) is 3.13. The first kappa shape index (κ1) is 12.6. The van der Waals surface area contributed by atoms with Crippen LogP contribution in [0, 0.1) is 12.7 Å². The first-order chi connectivity index (χ1) is 8.38. The van der Waals surface area contributed by atoms with Gasteiger partial charge in [0.25, 0.3) is 0 Å². The van der Waals surface area contributed by atoms with Crippen LogP contribution < -0.4 is 5.73 Å². The van der Waals surface area contributed by atoms with Crippen LogP contribution >= 0.6 is 0 Å². The summed E-state index contributed by atoms with van der Waals surface area (Å²) < 4.78 is 13.2. The second-order valence-electron chi connectivity index (χ2n) is 4.95. The summed E-state index contributed by atoms with van der Waals surface area (Å²) in [5, 5.41) is 0. The smallest absolute Gasteiger partial charge is 0.148 e. The van der Waals surface area contributed by atoms with Crippen LogP contribution in [0.2, 0.25) is 0 Å². The average molecular weight is 245 g/mol. The molecule has 94 valence electrons. The Balaban J connectivity index is 2.48. The van der Waals surface area contributed by atoms with Crippen molar-refractivity contribution in [3.05, 3.63) is 47.7 Å². The molecule has 1 heterocycles. The Bertz CT molecular complexity index is 573. The molecule has 2 N–H and O–H groups in total. The van der Waals surface area contributed by atoms with Crippen molar-refractivity contribution in [3.8, 4) is 11.3 Å². The van der Waals surface area contributed by atoms with Gasteiger partial charge in [-0.3, -0.25) is 0 Å². The molecule has 0 amide bonds. The largest absolute Gasteiger partial charge is 0.319 e. The van der Waals surface area contributed by atoms with E-state index in [2.05, 4.69) is 9.97 Å². The van der Waals surface area contributed by atoms with Crippen LogP contribution in [0.4, 0.5) is 4.39 Å². The first-order valence-corrected chi connectivity index (χ1v) is 5.77. The van der Waals surface area contributed by atoms with Crippen molar-refractivity contribution >= 4 is 0 Å². The third-order valence-electron chi connectivity index (χ3n) is 2.69. The van der Waals surface area contributed by atoms with Crippen LogP contribution in [0.1, 0.15) is 25.2 Å². The molecule has 18 heavy (non-hydrogen) atoms. The summed E-state index contributed by atoms with van der Waals surface area (Å²) in [7, 11) is 0. The van der Waals surface area contributed by atoms with Gasteiger partial charge in [-0.15, -0.1) is 0 Å². The molecule has 0 spiro atoms. The van der Waals surface area contributed by atoms with Crippen LogP contribution in [-0.4, -0.2) is 9.97 Å². The predicted octanol–water partition coefficient (Wildman–Crippen LogP) is 2.78. The highest BCUT2D eigenvalue weighted by atomic mass is 19.1. The normalized spacial score (nSPS) is 11.6. The maximum Gasteiger partial charge on any atom is 0.148 e. The molecule has 1 aromatic heterocycles. The molecule has 0 fully saturated rings. The molecule has 2 rings (SSSR count). The second kappa shape index (κ2) is 4.46. The Morgan fingerprint density at radius 3 is 2.56 bits per heavy atom. The Morgan fingerprint density at radius 1 is 1.22 bits per heavy atom. The minimum Gasteiger partial charge on any atom is -0.319 e. The summed E-state index contributed by atoms with van der Waals surface area (Å²) in [5.41, 5.74) is 7.59. The molecule has 0 bridgehead atoms. The minimum absolute atomic E-state index is 0.216. The zero-order chi connectivity index (χ0) is 13.3. The molecule has 1 aromatic carbocycles. The highest BCUT2D eigenvalue weighted by Gasteiger charge is 2.18. The number of hydrogen-bond donors (Lipinski definition) is 1. The fourth-order valence-corrected chi connectivity index (χ4v) is 1.63. The van der Waals surface area contributed by atoms with Crippen molar-refractivity contribution in [2.75, 3.05) is 0 Å². The molecule has 3 nitrogen and oxygen atoms in total. The first-order valence-electron chi connectivity index (χ1n) is 5.77. The van der Waals surface area contributed by atoms with Gasteiger partial charge in [-0.1, -0.05) is 0 Å². The van der Waals surface area contributed by atoms with E-state index in [9.17, 15) is 4.39 Å². The lowest BCUT2D eigenvalue weighted by Gasteiger charge is -2.17. The van der Waals surface area contributed by atoms with Crippen molar-refractivity contribution in [2.24, 2.45) is 5.73 Å². The van der Waals surface area contributed by atoms with E-state index in [-0.39, 0.29) is 5.82 Å². The molecule has 0 atom stereocenters. The number of hydrogen-bond acceptors (Lipinski definition) is 3. The van der Waals surface area contributed by atoms with Gasteiger partial charge in [0.05, 0.1) is 11.2 Å². The lowest BCUT2D eigenvalue weighted by molar-refractivity contribution is 0.514.